The summed E-state index contributed by atoms with van der Waals surface area (Å²) in [7, 11) is 0. The van der Waals surface area contributed by atoms with Crippen LogP contribution in [-0.2, 0) is 22.5 Å². The lowest BCUT2D eigenvalue weighted by Gasteiger charge is -2.35. The van der Waals surface area contributed by atoms with Crippen molar-refractivity contribution in [3.63, 3.8) is 0 Å². The van der Waals surface area contributed by atoms with Gasteiger partial charge in [0.15, 0.2) is 0 Å². The second-order valence-electron chi connectivity index (χ2n) is 6.90. The molecule has 1 aromatic heterocycles. The summed E-state index contributed by atoms with van der Waals surface area (Å²) in [5, 5.41) is 0. The van der Waals surface area contributed by atoms with Gasteiger partial charge in [0.2, 0.25) is 5.95 Å². The van der Waals surface area contributed by atoms with Gasteiger partial charge in [-0.15, -0.1) is 0 Å². The number of hydrogen-bond acceptors (Lipinski definition) is 6. The van der Waals surface area contributed by atoms with Crippen molar-refractivity contribution < 1.29 is 14.3 Å². The molecule has 0 aromatic carbocycles. The van der Waals surface area contributed by atoms with Crippen molar-refractivity contribution in [2.24, 2.45) is 0 Å². The van der Waals surface area contributed by atoms with E-state index in [1.165, 1.54) is 5.56 Å². The maximum atomic E-state index is 12.1. The lowest BCUT2D eigenvalue weighted by atomic mass is 10.1. The molecule has 0 atom stereocenters. The predicted octanol–water partition coefficient (Wildman–Crippen LogP) is 1.61. The number of rotatable bonds is 1. The zero-order valence-electron chi connectivity index (χ0n) is 14.0. The zero-order valence-corrected chi connectivity index (χ0v) is 14.0. The summed E-state index contributed by atoms with van der Waals surface area (Å²) in [4.78, 5) is 25.0. The smallest absolute Gasteiger partial charge is 0.410 e. The molecule has 0 aliphatic carbocycles. The quantitative estimate of drug-likeness (QED) is 0.783. The van der Waals surface area contributed by atoms with E-state index in [1.807, 2.05) is 27.0 Å². The summed E-state index contributed by atoms with van der Waals surface area (Å²) < 4.78 is 10.9. The molecule has 7 nitrogen and oxygen atoms in total. The highest BCUT2D eigenvalue weighted by Crippen LogP contribution is 2.19. The molecule has 1 fully saturated rings. The number of ether oxygens (including phenoxy) is 2. The zero-order chi connectivity index (χ0) is 16.4. The molecule has 3 rings (SSSR count). The third-order valence-corrected chi connectivity index (χ3v) is 3.91. The van der Waals surface area contributed by atoms with Crippen LogP contribution < -0.4 is 4.90 Å². The van der Waals surface area contributed by atoms with Crippen LogP contribution in [0.1, 0.15) is 32.0 Å². The van der Waals surface area contributed by atoms with E-state index in [9.17, 15) is 4.79 Å². The number of piperazine rings is 1. The average Bonchev–Trinajstić information content (AvgIpc) is 2.53. The van der Waals surface area contributed by atoms with Crippen LogP contribution in [0, 0.1) is 0 Å². The Morgan fingerprint density at radius 2 is 2.00 bits per heavy atom. The summed E-state index contributed by atoms with van der Waals surface area (Å²) in [5.41, 5.74) is 1.69. The highest BCUT2D eigenvalue weighted by molar-refractivity contribution is 5.68. The van der Waals surface area contributed by atoms with Crippen LogP contribution in [0.25, 0.3) is 0 Å². The maximum Gasteiger partial charge on any atom is 0.410 e. The van der Waals surface area contributed by atoms with E-state index >= 15 is 0 Å². The first-order valence-electron chi connectivity index (χ1n) is 8.08. The molecule has 23 heavy (non-hydrogen) atoms. The average molecular weight is 320 g/mol. The Hall–Kier alpha value is -1.89. The van der Waals surface area contributed by atoms with Gasteiger partial charge in [-0.25, -0.2) is 14.8 Å². The van der Waals surface area contributed by atoms with Crippen molar-refractivity contribution in [2.75, 3.05) is 37.7 Å². The summed E-state index contributed by atoms with van der Waals surface area (Å²) in [6.07, 6.45) is 2.53. The summed E-state index contributed by atoms with van der Waals surface area (Å²) in [5.74, 6) is 0.720. The Kier molecular flexibility index (Phi) is 4.39. The molecule has 0 unspecified atom stereocenters. The molecule has 3 heterocycles. The number of hydrogen-bond donors (Lipinski definition) is 0. The van der Waals surface area contributed by atoms with Crippen molar-refractivity contribution in [2.45, 2.75) is 39.4 Å². The van der Waals surface area contributed by atoms with Gasteiger partial charge in [-0.3, -0.25) is 0 Å². The molecule has 0 radical (unpaired) electrons. The van der Waals surface area contributed by atoms with E-state index in [2.05, 4.69) is 14.9 Å². The normalized spacial score (nSPS) is 18.6. The third kappa shape index (κ3) is 3.90. The topological polar surface area (TPSA) is 67.8 Å². The van der Waals surface area contributed by atoms with Gasteiger partial charge in [-0.05, 0) is 32.8 Å². The summed E-state index contributed by atoms with van der Waals surface area (Å²) >= 11 is 0. The van der Waals surface area contributed by atoms with Crippen LogP contribution in [0.15, 0.2) is 6.20 Å². The first-order chi connectivity index (χ1) is 10.9. The molecule has 0 N–H and O–H groups in total. The molecule has 7 heteroatoms. The van der Waals surface area contributed by atoms with Gasteiger partial charge < -0.3 is 19.3 Å². The van der Waals surface area contributed by atoms with E-state index < -0.39 is 5.60 Å². The number of nitrogens with zero attached hydrogens (tertiary/aromatic N) is 4. The Labute approximate surface area is 136 Å². The fraction of sp³-hybridized carbons (Fsp3) is 0.688. The van der Waals surface area contributed by atoms with E-state index in [-0.39, 0.29) is 6.09 Å². The number of aromatic nitrogens is 2. The minimum absolute atomic E-state index is 0.253. The van der Waals surface area contributed by atoms with E-state index in [4.69, 9.17) is 9.47 Å². The molecule has 2 aliphatic heterocycles. The second-order valence-corrected chi connectivity index (χ2v) is 6.90. The van der Waals surface area contributed by atoms with E-state index in [0.29, 0.717) is 32.8 Å². The standard InChI is InChI=1S/C16H24N4O3/c1-16(2,3)23-15(21)20-7-5-19(6-8-20)14-17-10-12-4-9-22-11-13(12)18-14/h10H,4-9,11H2,1-3H3. The van der Waals surface area contributed by atoms with Gasteiger partial charge in [-0.2, -0.15) is 0 Å². The van der Waals surface area contributed by atoms with Crippen molar-refractivity contribution in [1.29, 1.82) is 0 Å². The molecule has 1 saturated heterocycles. The van der Waals surface area contributed by atoms with Gasteiger partial charge in [-0.1, -0.05) is 0 Å². The monoisotopic (exact) mass is 320 g/mol. The van der Waals surface area contributed by atoms with Gasteiger partial charge in [0.05, 0.1) is 18.9 Å². The Morgan fingerprint density at radius 3 is 2.70 bits per heavy atom. The molecule has 1 amide bonds. The molecule has 0 spiro atoms. The largest absolute Gasteiger partial charge is 0.444 e. The van der Waals surface area contributed by atoms with Gasteiger partial charge >= 0.3 is 6.09 Å². The molecule has 2 aliphatic rings. The van der Waals surface area contributed by atoms with Gasteiger partial charge in [0.25, 0.3) is 0 Å². The van der Waals surface area contributed by atoms with E-state index in [0.717, 1.165) is 24.7 Å². The molecule has 1 aromatic rings. The van der Waals surface area contributed by atoms with Crippen LogP contribution in [0.2, 0.25) is 0 Å². The maximum absolute atomic E-state index is 12.1. The van der Waals surface area contributed by atoms with Crippen LogP contribution in [0.3, 0.4) is 0 Å². The first kappa shape index (κ1) is 16.0. The van der Waals surface area contributed by atoms with E-state index in [1.54, 1.807) is 4.90 Å². The third-order valence-electron chi connectivity index (χ3n) is 3.91. The number of carbonyl (C=O) groups is 1. The molecular weight excluding hydrogens is 296 g/mol. The van der Waals surface area contributed by atoms with Crippen LogP contribution in [-0.4, -0.2) is 59.3 Å². The van der Waals surface area contributed by atoms with Crippen molar-refractivity contribution >= 4 is 12.0 Å². The lowest BCUT2D eigenvalue weighted by molar-refractivity contribution is 0.0240. The fourth-order valence-corrected chi connectivity index (χ4v) is 2.68. The number of anilines is 1. The minimum atomic E-state index is -0.462. The predicted molar refractivity (Wildman–Crippen MR) is 85.4 cm³/mol. The molecule has 0 saturated carbocycles. The second kappa shape index (κ2) is 6.31. The van der Waals surface area contributed by atoms with Crippen molar-refractivity contribution in [1.82, 2.24) is 14.9 Å². The summed E-state index contributed by atoms with van der Waals surface area (Å²) in [6.45, 7) is 9.58. The SMILES string of the molecule is CC(C)(C)OC(=O)N1CCN(c2ncc3c(n2)COCC3)CC1. The first-order valence-corrected chi connectivity index (χ1v) is 8.08. The van der Waals surface area contributed by atoms with Crippen molar-refractivity contribution in [3.05, 3.63) is 17.5 Å². The van der Waals surface area contributed by atoms with Gasteiger partial charge in [0.1, 0.15) is 5.60 Å². The van der Waals surface area contributed by atoms with Crippen LogP contribution >= 0.6 is 0 Å². The van der Waals surface area contributed by atoms with Crippen molar-refractivity contribution in [3.8, 4) is 0 Å². The van der Waals surface area contributed by atoms with Crippen LogP contribution in [0.4, 0.5) is 10.7 Å². The minimum Gasteiger partial charge on any atom is -0.444 e. The fourth-order valence-electron chi connectivity index (χ4n) is 2.68. The Morgan fingerprint density at radius 1 is 1.26 bits per heavy atom. The highest BCUT2D eigenvalue weighted by atomic mass is 16.6. The molecule has 126 valence electrons. The Balaban J connectivity index is 1.60. The molecule has 0 bridgehead atoms. The number of fused-ring (bicyclic) bond motifs is 1. The highest BCUT2D eigenvalue weighted by Gasteiger charge is 2.27. The Bertz CT molecular complexity index is 577. The summed E-state index contributed by atoms with van der Waals surface area (Å²) in [6, 6.07) is 0. The van der Waals surface area contributed by atoms with Gasteiger partial charge in [0, 0.05) is 32.4 Å². The number of amides is 1. The molecular formula is C16H24N4O3. The number of carbonyl (C=O) groups excluding carboxylic acids is 1. The lowest BCUT2D eigenvalue weighted by Crippen LogP contribution is -2.50. The van der Waals surface area contributed by atoms with Crippen LogP contribution in [0.5, 0.6) is 0 Å².